The fraction of sp³-hybridized carbons (Fsp3) is 0.182. The molecule has 0 bridgehead atoms. The first-order valence-corrected chi connectivity index (χ1v) is 9.94. The van der Waals surface area contributed by atoms with Crippen LogP contribution in [-0.4, -0.2) is 48.9 Å². The monoisotopic (exact) mass is 414 g/mol. The lowest BCUT2D eigenvalue weighted by atomic mass is 10.1. The standard InChI is InChI=1S/C22H22N8O/c1-28-11-15(9-24-28)7-21(31)27-19-5-3-16(4-6-19)22-20-8-17(13-30(20)26-14-23-22)18-10-25-29(2)12-18/h3-6,8,10-14,24H,7,9H2,1-2H3,(H,27,31). The Morgan fingerprint density at radius 1 is 1.10 bits per heavy atom. The molecule has 0 radical (unpaired) electrons. The summed E-state index contributed by atoms with van der Waals surface area (Å²) in [4.78, 5) is 16.8. The Balaban J connectivity index is 1.36. The normalized spacial score (nSPS) is 13.6. The number of hydrogen-bond acceptors (Lipinski definition) is 6. The van der Waals surface area contributed by atoms with Crippen LogP contribution in [0.1, 0.15) is 6.42 Å². The first-order valence-electron chi connectivity index (χ1n) is 9.94. The van der Waals surface area contributed by atoms with Crippen LogP contribution in [0.15, 0.2) is 67.0 Å². The molecule has 1 aliphatic rings. The molecule has 0 spiro atoms. The van der Waals surface area contributed by atoms with E-state index in [1.165, 1.54) is 0 Å². The minimum atomic E-state index is -0.0340. The molecule has 0 saturated heterocycles. The molecular weight excluding hydrogens is 392 g/mol. The second-order valence-corrected chi connectivity index (χ2v) is 7.61. The number of anilines is 1. The van der Waals surface area contributed by atoms with Crippen LogP contribution >= 0.6 is 0 Å². The van der Waals surface area contributed by atoms with E-state index in [2.05, 4.69) is 32.0 Å². The molecule has 0 unspecified atom stereocenters. The molecule has 0 fully saturated rings. The quantitative estimate of drug-likeness (QED) is 0.521. The Labute approximate surface area is 179 Å². The van der Waals surface area contributed by atoms with Gasteiger partial charge in [-0.1, -0.05) is 12.1 Å². The van der Waals surface area contributed by atoms with Gasteiger partial charge in [-0.25, -0.2) is 14.9 Å². The Morgan fingerprint density at radius 2 is 1.94 bits per heavy atom. The highest BCUT2D eigenvalue weighted by Crippen LogP contribution is 2.28. The molecule has 4 heterocycles. The van der Waals surface area contributed by atoms with Gasteiger partial charge in [0.15, 0.2) is 0 Å². The molecule has 0 saturated carbocycles. The lowest BCUT2D eigenvalue weighted by Crippen LogP contribution is -2.24. The number of carbonyl (C=O) groups excluding carboxylic acids is 1. The number of fused-ring (bicyclic) bond motifs is 1. The summed E-state index contributed by atoms with van der Waals surface area (Å²) in [6.07, 6.45) is 9.62. The maximum Gasteiger partial charge on any atom is 0.228 e. The zero-order valence-electron chi connectivity index (χ0n) is 17.3. The fourth-order valence-electron chi connectivity index (χ4n) is 3.70. The molecule has 3 aromatic heterocycles. The van der Waals surface area contributed by atoms with Crippen molar-refractivity contribution < 1.29 is 4.79 Å². The summed E-state index contributed by atoms with van der Waals surface area (Å²) in [5.74, 6) is -0.0340. The second-order valence-electron chi connectivity index (χ2n) is 7.61. The van der Waals surface area contributed by atoms with Gasteiger partial charge in [-0.2, -0.15) is 10.2 Å². The Kier molecular flexibility index (Phi) is 4.72. The molecular formula is C22H22N8O. The summed E-state index contributed by atoms with van der Waals surface area (Å²) < 4.78 is 3.59. The molecule has 9 nitrogen and oxygen atoms in total. The number of carbonyl (C=O) groups is 1. The van der Waals surface area contributed by atoms with Gasteiger partial charge in [-0.05, 0) is 23.8 Å². The predicted molar refractivity (Wildman–Crippen MR) is 118 cm³/mol. The Bertz CT molecular complexity index is 1280. The zero-order valence-corrected chi connectivity index (χ0v) is 17.3. The van der Waals surface area contributed by atoms with Crippen LogP contribution < -0.4 is 10.7 Å². The van der Waals surface area contributed by atoms with Gasteiger partial charge in [0.05, 0.1) is 23.8 Å². The van der Waals surface area contributed by atoms with Gasteiger partial charge in [0, 0.05) is 61.6 Å². The molecule has 1 aliphatic heterocycles. The summed E-state index contributed by atoms with van der Waals surface area (Å²) in [7, 11) is 3.81. The maximum atomic E-state index is 12.3. The van der Waals surface area contributed by atoms with E-state index in [1.807, 2.05) is 72.7 Å². The molecule has 4 aromatic rings. The third-order valence-electron chi connectivity index (χ3n) is 5.21. The van der Waals surface area contributed by atoms with Crippen molar-refractivity contribution in [1.29, 1.82) is 0 Å². The topological polar surface area (TPSA) is 92.4 Å². The van der Waals surface area contributed by atoms with Gasteiger partial charge in [-0.15, -0.1) is 0 Å². The summed E-state index contributed by atoms with van der Waals surface area (Å²) in [5, 5.41) is 13.4. The Morgan fingerprint density at radius 3 is 2.65 bits per heavy atom. The van der Waals surface area contributed by atoms with Crippen molar-refractivity contribution in [2.75, 3.05) is 18.9 Å². The highest BCUT2D eigenvalue weighted by Gasteiger charge is 2.14. The van der Waals surface area contributed by atoms with Crippen molar-refractivity contribution >= 4 is 17.1 Å². The third kappa shape index (κ3) is 3.90. The van der Waals surface area contributed by atoms with E-state index in [4.69, 9.17) is 0 Å². The van der Waals surface area contributed by atoms with E-state index >= 15 is 0 Å². The van der Waals surface area contributed by atoms with E-state index in [0.29, 0.717) is 13.0 Å². The second kappa shape index (κ2) is 7.69. The molecule has 5 rings (SSSR count). The lowest BCUT2D eigenvalue weighted by Gasteiger charge is -2.07. The summed E-state index contributed by atoms with van der Waals surface area (Å²) in [5.41, 5.74) is 9.68. The number of amides is 1. The van der Waals surface area contributed by atoms with Crippen LogP contribution in [0.3, 0.4) is 0 Å². The average Bonchev–Trinajstić information content (AvgIpc) is 3.48. The van der Waals surface area contributed by atoms with Crippen molar-refractivity contribution in [2.24, 2.45) is 7.05 Å². The lowest BCUT2D eigenvalue weighted by molar-refractivity contribution is -0.115. The molecule has 9 heteroatoms. The zero-order chi connectivity index (χ0) is 21.4. The number of benzene rings is 1. The number of nitrogens with zero attached hydrogens (tertiary/aromatic N) is 6. The number of hydrazine groups is 1. The molecule has 156 valence electrons. The van der Waals surface area contributed by atoms with Crippen LogP contribution in [0.25, 0.3) is 27.9 Å². The predicted octanol–water partition coefficient (Wildman–Crippen LogP) is 2.46. The number of aryl methyl sites for hydroxylation is 1. The van der Waals surface area contributed by atoms with E-state index in [-0.39, 0.29) is 5.91 Å². The summed E-state index contributed by atoms with van der Waals surface area (Å²) in [6, 6.07) is 9.76. The van der Waals surface area contributed by atoms with E-state index < -0.39 is 0 Å². The van der Waals surface area contributed by atoms with Gasteiger partial charge in [-0.3, -0.25) is 9.48 Å². The minimum absolute atomic E-state index is 0.0340. The van der Waals surface area contributed by atoms with Gasteiger partial charge < -0.3 is 10.3 Å². The fourth-order valence-corrected chi connectivity index (χ4v) is 3.70. The maximum absolute atomic E-state index is 12.3. The van der Waals surface area contributed by atoms with Crippen LogP contribution in [-0.2, 0) is 11.8 Å². The van der Waals surface area contributed by atoms with Crippen LogP contribution in [0.5, 0.6) is 0 Å². The number of hydrogen-bond donors (Lipinski definition) is 2. The first kappa shape index (κ1) is 19.0. The molecule has 2 N–H and O–H groups in total. The smallest absolute Gasteiger partial charge is 0.228 e. The number of aromatic nitrogens is 5. The Hall–Kier alpha value is -3.98. The van der Waals surface area contributed by atoms with Crippen molar-refractivity contribution in [2.45, 2.75) is 6.42 Å². The van der Waals surface area contributed by atoms with E-state index in [9.17, 15) is 4.79 Å². The summed E-state index contributed by atoms with van der Waals surface area (Å²) >= 11 is 0. The van der Waals surface area contributed by atoms with Crippen LogP contribution in [0.2, 0.25) is 0 Å². The van der Waals surface area contributed by atoms with Gasteiger partial charge in [0.1, 0.15) is 6.33 Å². The minimum Gasteiger partial charge on any atom is -0.326 e. The number of nitrogens with one attached hydrogen (secondary N) is 2. The third-order valence-corrected chi connectivity index (χ3v) is 5.21. The molecule has 1 aromatic carbocycles. The van der Waals surface area contributed by atoms with Crippen molar-refractivity contribution in [3.63, 3.8) is 0 Å². The van der Waals surface area contributed by atoms with Gasteiger partial charge in [0.2, 0.25) is 5.91 Å². The van der Waals surface area contributed by atoms with Crippen molar-refractivity contribution in [3.8, 4) is 22.4 Å². The van der Waals surface area contributed by atoms with Gasteiger partial charge in [0.25, 0.3) is 0 Å². The van der Waals surface area contributed by atoms with Crippen molar-refractivity contribution in [3.05, 3.63) is 67.0 Å². The molecule has 0 atom stereocenters. The van der Waals surface area contributed by atoms with Crippen LogP contribution in [0, 0.1) is 0 Å². The van der Waals surface area contributed by atoms with E-state index in [1.54, 1.807) is 11.0 Å². The highest BCUT2D eigenvalue weighted by molar-refractivity contribution is 5.93. The molecule has 0 aliphatic carbocycles. The number of rotatable bonds is 5. The highest BCUT2D eigenvalue weighted by atomic mass is 16.1. The molecule has 31 heavy (non-hydrogen) atoms. The largest absolute Gasteiger partial charge is 0.326 e. The SMILES string of the molecule is CN1C=C(CC(=O)Nc2ccc(-c3ncnn4cc(-c5cnn(C)c5)cc34)cc2)CN1. The first-order chi connectivity index (χ1) is 15.0. The summed E-state index contributed by atoms with van der Waals surface area (Å²) in [6.45, 7) is 0.699. The average molecular weight is 414 g/mol. The van der Waals surface area contributed by atoms with Crippen molar-refractivity contribution in [1.82, 2.24) is 34.8 Å². The van der Waals surface area contributed by atoms with Crippen LogP contribution in [0.4, 0.5) is 5.69 Å². The van der Waals surface area contributed by atoms with Gasteiger partial charge >= 0.3 is 0 Å². The van der Waals surface area contributed by atoms with E-state index in [0.717, 1.165) is 39.2 Å². The molecule has 1 amide bonds.